The van der Waals surface area contributed by atoms with Crippen molar-refractivity contribution in [3.8, 4) is 23.1 Å². The number of imidazole rings is 1. The van der Waals surface area contributed by atoms with Gasteiger partial charge >= 0.3 is 0 Å². The Morgan fingerprint density at radius 3 is 1.94 bits per heavy atom. The molecule has 5 aromatic rings. The third-order valence-corrected chi connectivity index (χ3v) is 10.9. The normalized spacial score (nSPS) is 15.4. The molecule has 0 spiro atoms. The lowest BCUT2D eigenvalue weighted by molar-refractivity contribution is -0.130. The molecule has 2 saturated carbocycles. The molecule has 1 aliphatic heterocycles. The number of nitrogens with zero attached hydrogens (tertiary/aromatic N) is 2. The van der Waals surface area contributed by atoms with E-state index in [-0.39, 0.29) is 42.1 Å². The summed E-state index contributed by atoms with van der Waals surface area (Å²) in [7, 11) is 0. The van der Waals surface area contributed by atoms with Crippen molar-refractivity contribution in [1.29, 1.82) is 0 Å². The summed E-state index contributed by atoms with van der Waals surface area (Å²) in [5.74, 6) is 7.11. The summed E-state index contributed by atoms with van der Waals surface area (Å²) in [6.07, 6.45) is 11.0. The number of unbranched alkanes of at least 4 members (excludes halogenated alkanes) is 2. The van der Waals surface area contributed by atoms with Crippen LogP contribution in [0.1, 0.15) is 103 Å². The molecule has 63 heavy (non-hydrogen) atoms. The molecule has 1 saturated heterocycles. The van der Waals surface area contributed by atoms with Gasteiger partial charge in [-0.1, -0.05) is 90.7 Å². The predicted octanol–water partition coefficient (Wildman–Crippen LogP) is 6.66. The van der Waals surface area contributed by atoms with Crippen molar-refractivity contribution < 1.29 is 24.0 Å². The van der Waals surface area contributed by atoms with Gasteiger partial charge in [-0.3, -0.25) is 19.2 Å². The highest BCUT2D eigenvalue weighted by atomic mass is 16.2. The zero-order valence-electron chi connectivity index (χ0n) is 35.6. The van der Waals surface area contributed by atoms with Crippen molar-refractivity contribution in [3.63, 3.8) is 0 Å². The number of carbonyl (C=O) groups excluding carboxylic acids is 5. The number of nitrogens with one attached hydrogen (secondary N) is 4. The Morgan fingerprint density at radius 2 is 1.37 bits per heavy atom. The molecular formula is C51H57N7O5. The average molecular weight is 848 g/mol. The monoisotopic (exact) mass is 847 g/mol. The van der Waals surface area contributed by atoms with Gasteiger partial charge in [0, 0.05) is 48.2 Å². The molecular weight excluding hydrogens is 791 g/mol. The minimum Gasteiger partial charge on any atom is -0.354 e. The Morgan fingerprint density at radius 1 is 0.762 bits per heavy atom. The van der Waals surface area contributed by atoms with Gasteiger partial charge in [-0.25, -0.2) is 4.98 Å². The maximum atomic E-state index is 12.9. The summed E-state index contributed by atoms with van der Waals surface area (Å²) in [6, 6.07) is 35.6. The highest BCUT2D eigenvalue weighted by Crippen LogP contribution is 2.32. The molecule has 2 atom stereocenters. The third-order valence-electron chi connectivity index (χ3n) is 10.9. The first kappa shape index (κ1) is 45.7. The van der Waals surface area contributed by atoms with Gasteiger partial charge in [0.05, 0.1) is 24.5 Å². The number of amides is 4. The van der Waals surface area contributed by atoms with E-state index in [1.54, 1.807) is 23.2 Å². The largest absolute Gasteiger partial charge is 0.354 e. The van der Waals surface area contributed by atoms with Gasteiger partial charge in [0.1, 0.15) is 18.2 Å². The van der Waals surface area contributed by atoms with E-state index in [2.05, 4.69) is 37.8 Å². The molecule has 4 amide bonds. The number of likely N-dealkylation sites (tertiary alicyclic amines) is 1. The van der Waals surface area contributed by atoms with Crippen molar-refractivity contribution in [1.82, 2.24) is 30.8 Å². The fraction of sp³-hybridized carbons (Fsp3) is 0.333. The lowest BCUT2D eigenvalue weighted by Crippen LogP contribution is -2.41. The molecule has 8 rings (SSSR count). The number of benzene rings is 4. The Kier molecular flexibility index (Phi) is 17.4. The van der Waals surface area contributed by atoms with Crippen LogP contribution in [0.2, 0.25) is 0 Å². The van der Waals surface area contributed by atoms with E-state index >= 15 is 0 Å². The number of carbonyl (C=O) groups is 5. The van der Waals surface area contributed by atoms with E-state index in [4.69, 9.17) is 5.73 Å². The summed E-state index contributed by atoms with van der Waals surface area (Å²) in [5.41, 5.74) is 10.4. The van der Waals surface area contributed by atoms with E-state index in [9.17, 15) is 24.0 Å². The zero-order chi connectivity index (χ0) is 44.2. The van der Waals surface area contributed by atoms with Crippen molar-refractivity contribution in [2.75, 3.05) is 26.2 Å². The van der Waals surface area contributed by atoms with Crippen LogP contribution in [0.3, 0.4) is 0 Å². The Balaban J connectivity index is 0.000000522. The quantitative estimate of drug-likeness (QED) is 0.0444. The van der Waals surface area contributed by atoms with Gasteiger partial charge in [-0.05, 0) is 105 Å². The number of aromatic amines is 1. The number of H-pyrrole nitrogens is 1. The van der Waals surface area contributed by atoms with Crippen LogP contribution in [0.4, 0.5) is 0 Å². The fourth-order valence-electron chi connectivity index (χ4n) is 6.91. The lowest BCUT2D eigenvalue weighted by atomic mass is 10.1. The number of rotatable bonds is 15. The van der Waals surface area contributed by atoms with Crippen molar-refractivity contribution in [2.45, 2.75) is 69.9 Å². The van der Waals surface area contributed by atoms with Crippen LogP contribution in [0.25, 0.3) is 11.3 Å². The van der Waals surface area contributed by atoms with Gasteiger partial charge in [0.25, 0.3) is 5.91 Å². The predicted molar refractivity (Wildman–Crippen MR) is 244 cm³/mol. The van der Waals surface area contributed by atoms with Crippen LogP contribution in [-0.2, 0) is 19.2 Å². The fourth-order valence-corrected chi connectivity index (χ4v) is 6.91. The second-order valence-corrected chi connectivity index (χ2v) is 15.9. The molecule has 1 aromatic heterocycles. The summed E-state index contributed by atoms with van der Waals surface area (Å²) in [5, 5.41) is 8.82. The van der Waals surface area contributed by atoms with E-state index in [1.165, 1.54) is 0 Å². The zero-order valence-corrected chi connectivity index (χ0v) is 35.6. The van der Waals surface area contributed by atoms with Gasteiger partial charge in [-0.15, -0.1) is 0 Å². The number of hydrogen-bond donors (Lipinski definition) is 5. The first-order chi connectivity index (χ1) is 30.8. The maximum Gasteiger partial charge on any atom is 0.251 e. The molecule has 326 valence electrons. The van der Waals surface area contributed by atoms with Crippen molar-refractivity contribution in [3.05, 3.63) is 150 Å². The van der Waals surface area contributed by atoms with Gasteiger partial charge in [0.15, 0.2) is 0 Å². The molecule has 12 nitrogen and oxygen atoms in total. The standard InChI is InChI=1S/C41H45N7O4.C6H6.C4H6O/c42-26-36(49)48-25-7-10-35(48)38-45-27-34(46-38)30-17-13-28(14-18-30)11-12-29-15-19-32(20-16-29)39(50)43-23-5-2-6-24-44-41(52)37(31-8-3-1-4-9-31)47-40(51)33-21-22-33;1-2-4-6-5-3-1;5-3-4-1-2-4/h1,3-4,8-9,13-20,27,33,35,37H,2,5-7,10,21-26,42H2,(H,43,50)(H,44,52)(H,45,46)(H,47,51);1-6H;3-4H,1-2H2. The second kappa shape index (κ2) is 24.0. The van der Waals surface area contributed by atoms with Gasteiger partial charge < -0.3 is 36.4 Å². The molecule has 2 unspecified atom stereocenters. The Bertz CT molecular complexity index is 2270. The van der Waals surface area contributed by atoms with E-state index < -0.39 is 6.04 Å². The molecule has 3 aliphatic rings. The van der Waals surface area contributed by atoms with E-state index in [0.717, 1.165) is 97.8 Å². The lowest BCUT2D eigenvalue weighted by Gasteiger charge is -2.22. The van der Waals surface area contributed by atoms with Gasteiger partial charge in [0.2, 0.25) is 17.7 Å². The second-order valence-electron chi connectivity index (χ2n) is 15.9. The minimum atomic E-state index is -0.702. The van der Waals surface area contributed by atoms with Crippen LogP contribution in [-0.4, -0.2) is 71.0 Å². The molecule has 2 heterocycles. The smallest absolute Gasteiger partial charge is 0.251 e. The first-order valence-corrected chi connectivity index (χ1v) is 22.0. The molecule has 12 heteroatoms. The van der Waals surface area contributed by atoms with Crippen LogP contribution in [0, 0.1) is 23.7 Å². The highest BCUT2D eigenvalue weighted by molar-refractivity contribution is 5.94. The highest BCUT2D eigenvalue weighted by Gasteiger charge is 2.33. The van der Waals surface area contributed by atoms with E-state index in [1.807, 2.05) is 103 Å². The van der Waals surface area contributed by atoms with Crippen LogP contribution < -0.4 is 21.7 Å². The van der Waals surface area contributed by atoms with Crippen molar-refractivity contribution in [2.24, 2.45) is 17.6 Å². The topological polar surface area (TPSA) is 179 Å². The number of aldehydes is 1. The maximum absolute atomic E-state index is 12.9. The molecule has 2 aliphatic carbocycles. The first-order valence-electron chi connectivity index (χ1n) is 22.0. The van der Waals surface area contributed by atoms with Crippen molar-refractivity contribution >= 4 is 29.9 Å². The molecule has 3 fully saturated rings. The van der Waals surface area contributed by atoms with E-state index in [0.29, 0.717) is 31.1 Å². The third kappa shape index (κ3) is 14.6. The summed E-state index contributed by atoms with van der Waals surface area (Å²) in [6.45, 7) is 1.72. The molecule has 4 aromatic carbocycles. The van der Waals surface area contributed by atoms with Crippen LogP contribution >= 0.6 is 0 Å². The van der Waals surface area contributed by atoms with Gasteiger partial charge in [-0.2, -0.15) is 0 Å². The number of hydrogen-bond acceptors (Lipinski definition) is 7. The van der Waals surface area contributed by atoms with Crippen LogP contribution in [0.15, 0.2) is 121 Å². The summed E-state index contributed by atoms with van der Waals surface area (Å²) < 4.78 is 0. The molecule has 0 bridgehead atoms. The molecule has 0 radical (unpaired) electrons. The number of aromatic nitrogens is 2. The minimum absolute atomic E-state index is 0.000285. The Labute approximate surface area is 369 Å². The van der Waals surface area contributed by atoms with Crippen LogP contribution in [0.5, 0.6) is 0 Å². The SMILES string of the molecule is NCC(=O)N1CCCC1c1ncc(-c2ccc(C#Cc3ccc(C(=O)NCCCCCNC(=O)C(NC(=O)C4CC4)c4ccccc4)cc3)cc2)[nH]1.O=CC1CC1.c1ccccc1. The summed E-state index contributed by atoms with van der Waals surface area (Å²) >= 11 is 0. The average Bonchev–Trinajstić information content (AvgIpc) is 4.27. The number of nitrogens with two attached hydrogens (primary N) is 1. The Hall–Kier alpha value is -6.84. The summed E-state index contributed by atoms with van der Waals surface area (Å²) in [4.78, 5) is 69.4. The molecule has 6 N–H and O–H groups in total.